The highest BCUT2D eigenvalue weighted by atomic mass is 79.9. The first-order valence-electron chi connectivity index (χ1n) is 5.34. The predicted molar refractivity (Wildman–Crippen MR) is 65.7 cm³/mol. The van der Waals surface area contributed by atoms with Gasteiger partial charge in [0.2, 0.25) is 5.76 Å². The minimum absolute atomic E-state index is 0.214. The number of hydrogen-bond acceptors (Lipinski definition) is 3. The number of alkyl halides is 1. The average molecular weight is 289 g/mol. The van der Waals surface area contributed by atoms with Gasteiger partial charge in [-0.05, 0) is 19.3 Å². The Balaban J connectivity index is 2.35. The minimum atomic E-state index is -0.214. The third kappa shape index (κ3) is 4.35. The van der Waals surface area contributed by atoms with Crippen LogP contribution >= 0.6 is 15.9 Å². The molecule has 1 aromatic heterocycles. The molecule has 0 saturated carbocycles. The lowest BCUT2D eigenvalue weighted by Gasteiger charge is -2.12. The first-order valence-corrected chi connectivity index (χ1v) is 6.26. The van der Waals surface area contributed by atoms with Gasteiger partial charge < -0.3 is 9.84 Å². The Labute approximate surface area is 104 Å². The summed E-state index contributed by atoms with van der Waals surface area (Å²) in [6, 6.07) is 1.63. The van der Waals surface area contributed by atoms with Gasteiger partial charge >= 0.3 is 0 Å². The number of amides is 1. The maximum atomic E-state index is 11.6. The molecule has 1 N–H and O–H groups in total. The van der Waals surface area contributed by atoms with Crippen LogP contribution in [0.3, 0.4) is 0 Å². The predicted octanol–water partition coefficient (Wildman–Crippen LogP) is 2.52. The fraction of sp³-hybridized carbons (Fsp3) is 0.636. The third-order valence-corrected chi connectivity index (χ3v) is 2.76. The molecule has 16 heavy (non-hydrogen) atoms. The average Bonchev–Trinajstić information content (AvgIpc) is 2.60. The van der Waals surface area contributed by atoms with Crippen LogP contribution in [0.4, 0.5) is 0 Å². The Hall–Kier alpha value is -0.840. The van der Waals surface area contributed by atoms with Crippen LogP contribution in [0.25, 0.3) is 0 Å². The lowest BCUT2D eigenvalue weighted by atomic mass is 10.1. The summed E-state index contributed by atoms with van der Waals surface area (Å²) in [4.78, 5) is 11.9. The van der Waals surface area contributed by atoms with E-state index in [9.17, 15) is 4.79 Å². The summed E-state index contributed by atoms with van der Waals surface area (Å²) in [6.07, 6.45) is 1.02. The van der Waals surface area contributed by atoms with Crippen molar-refractivity contribution in [2.24, 2.45) is 5.92 Å². The molecule has 1 heterocycles. The van der Waals surface area contributed by atoms with E-state index in [0.29, 0.717) is 23.0 Å². The van der Waals surface area contributed by atoms with Crippen LogP contribution < -0.4 is 5.32 Å². The number of rotatable bonds is 5. The van der Waals surface area contributed by atoms with Gasteiger partial charge in [-0.1, -0.05) is 34.9 Å². The number of carbonyl (C=O) groups is 1. The molecule has 0 aliphatic rings. The Morgan fingerprint density at radius 3 is 2.81 bits per heavy atom. The Bertz CT molecular complexity index is 350. The first-order chi connectivity index (χ1) is 7.49. The Morgan fingerprint density at radius 2 is 2.31 bits per heavy atom. The van der Waals surface area contributed by atoms with Gasteiger partial charge in [-0.3, -0.25) is 4.79 Å². The van der Waals surface area contributed by atoms with Gasteiger partial charge in [0.15, 0.2) is 0 Å². The van der Waals surface area contributed by atoms with Crippen LogP contribution in [0.1, 0.15) is 36.5 Å². The van der Waals surface area contributed by atoms with Gasteiger partial charge in [0.25, 0.3) is 5.91 Å². The topological polar surface area (TPSA) is 55.1 Å². The van der Waals surface area contributed by atoms with E-state index < -0.39 is 0 Å². The molecule has 0 aliphatic heterocycles. The molecule has 0 bridgehead atoms. The molecule has 0 fully saturated rings. The highest BCUT2D eigenvalue weighted by Gasteiger charge is 2.13. The molecule has 1 atom stereocenters. The highest BCUT2D eigenvalue weighted by molar-refractivity contribution is 9.09. The number of nitrogens with one attached hydrogen (secondary N) is 1. The first kappa shape index (κ1) is 13.2. The highest BCUT2D eigenvalue weighted by Crippen LogP contribution is 2.11. The maximum absolute atomic E-state index is 11.6. The lowest BCUT2D eigenvalue weighted by molar-refractivity contribution is 0.0916. The second-order valence-electron chi connectivity index (χ2n) is 4.27. The van der Waals surface area contributed by atoms with E-state index in [1.165, 1.54) is 0 Å². The molecule has 0 radical (unpaired) electrons. The fourth-order valence-corrected chi connectivity index (χ4v) is 2.27. The van der Waals surface area contributed by atoms with Crippen molar-refractivity contribution in [2.75, 3.05) is 6.54 Å². The van der Waals surface area contributed by atoms with Crippen LogP contribution in [-0.2, 0) is 0 Å². The molecule has 0 aliphatic carbocycles. The van der Waals surface area contributed by atoms with E-state index in [-0.39, 0.29) is 11.7 Å². The monoisotopic (exact) mass is 288 g/mol. The molecule has 0 aromatic carbocycles. The molecule has 1 amide bonds. The van der Waals surface area contributed by atoms with Crippen molar-refractivity contribution >= 4 is 21.8 Å². The maximum Gasteiger partial charge on any atom is 0.289 e. The largest absolute Gasteiger partial charge is 0.351 e. The van der Waals surface area contributed by atoms with Crippen LogP contribution in [0.15, 0.2) is 10.6 Å². The summed E-state index contributed by atoms with van der Waals surface area (Å²) in [5, 5.41) is 6.46. The normalized spacial score (nSPS) is 12.8. The van der Waals surface area contributed by atoms with Crippen molar-refractivity contribution < 1.29 is 9.32 Å². The van der Waals surface area contributed by atoms with Crippen LogP contribution in [0.2, 0.25) is 0 Å². The molecule has 5 heteroatoms. The third-order valence-electron chi connectivity index (χ3n) is 2.06. The smallest absolute Gasteiger partial charge is 0.289 e. The summed E-state index contributed by atoms with van der Waals surface area (Å²) in [5.41, 5.74) is 0.711. The second kappa shape index (κ2) is 6.03. The standard InChI is InChI=1S/C11H17BrN2O2/c1-7(2)4-9(12)6-13-11(15)10-5-8(3)14-16-10/h5,7,9H,4,6H2,1-3H3,(H,13,15). The van der Waals surface area contributed by atoms with Crippen molar-refractivity contribution in [3.8, 4) is 0 Å². The van der Waals surface area contributed by atoms with Crippen molar-refractivity contribution in [2.45, 2.75) is 32.0 Å². The quantitative estimate of drug-likeness (QED) is 0.847. The van der Waals surface area contributed by atoms with Crippen LogP contribution in [0.5, 0.6) is 0 Å². The zero-order chi connectivity index (χ0) is 12.1. The summed E-state index contributed by atoms with van der Waals surface area (Å²) in [7, 11) is 0. The summed E-state index contributed by atoms with van der Waals surface area (Å²) in [6.45, 7) is 6.68. The molecular weight excluding hydrogens is 272 g/mol. The summed E-state index contributed by atoms with van der Waals surface area (Å²) in [5.74, 6) is 0.657. The second-order valence-corrected chi connectivity index (χ2v) is 5.56. The van der Waals surface area contributed by atoms with E-state index in [1.807, 2.05) is 0 Å². The van der Waals surface area contributed by atoms with Crippen LogP contribution in [-0.4, -0.2) is 22.4 Å². The Kier molecular flexibility index (Phi) is 4.99. The van der Waals surface area contributed by atoms with Crippen molar-refractivity contribution in [1.29, 1.82) is 0 Å². The van der Waals surface area contributed by atoms with Gasteiger partial charge in [0.1, 0.15) is 0 Å². The SMILES string of the molecule is Cc1cc(C(=O)NCC(Br)CC(C)C)on1. The summed E-state index contributed by atoms with van der Waals surface area (Å²) < 4.78 is 4.86. The van der Waals surface area contributed by atoms with Gasteiger partial charge in [0, 0.05) is 17.4 Å². The fourth-order valence-electron chi connectivity index (χ4n) is 1.36. The zero-order valence-corrected chi connectivity index (χ0v) is 11.4. The van der Waals surface area contributed by atoms with Crippen molar-refractivity contribution in [1.82, 2.24) is 10.5 Å². The number of hydrogen-bond donors (Lipinski definition) is 1. The van der Waals surface area contributed by atoms with Crippen molar-refractivity contribution in [3.05, 3.63) is 17.5 Å². The van der Waals surface area contributed by atoms with Crippen LogP contribution in [0, 0.1) is 12.8 Å². The van der Waals surface area contributed by atoms with E-state index >= 15 is 0 Å². The molecule has 0 spiro atoms. The lowest BCUT2D eigenvalue weighted by Crippen LogP contribution is -2.29. The van der Waals surface area contributed by atoms with Crippen molar-refractivity contribution in [3.63, 3.8) is 0 Å². The van der Waals surface area contributed by atoms with Gasteiger partial charge in [-0.2, -0.15) is 0 Å². The zero-order valence-electron chi connectivity index (χ0n) is 9.79. The number of nitrogens with zero attached hydrogens (tertiary/aromatic N) is 1. The number of carbonyl (C=O) groups excluding carboxylic acids is 1. The molecule has 90 valence electrons. The van der Waals surface area contributed by atoms with E-state index in [1.54, 1.807) is 13.0 Å². The number of halogens is 1. The van der Waals surface area contributed by atoms with Gasteiger partial charge in [-0.25, -0.2) is 0 Å². The molecular formula is C11H17BrN2O2. The summed E-state index contributed by atoms with van der Waals surface area (Å²) >= 11 is 3.52. The molecule has 0 saturated heterocycles. The van der Waals surface area contributed by atoms with Gasteiger partial charge in [0.05, 0.1) is 5.69 Å². The number of aromatic nitrogens is 1. The minimum Gasteiger partial charge on any atom is -0.351 e. The van der Waals surface area contributed by atoms with E-state index in [4.69, 9.17) is 4.52 Å². The van der Waals surface area contributed by atoms with E-state index in [0.717, 1.165) is 6.42 Å². The molecule has 4 nitrogen and oxygen atoms in total. The molecule has 1 rings (SSSR count). The number of aryl methyl sites for hydroxylation is 1. The van der Waals surface area contributed by atoms with E-state index in [2.05, 4.69) is 40.3 Å². The Morgan fingerprint density at radius 1 is 1.62 bits per heavy atom. The van der Waals surface area contributed by atoms with Gasteiger partial charge in [-0.15, -0.1) is 0 Å². The molecule has 1 aromatic rings. The molecule has 1 unspecified atom stereocenters.